The monoisotopic (exact) mass is 235 g/mol. The first-order valence-corrected chi connectivity index (χ1v) is 7.52. The van der Waals surface area contributed by atoms with E-state index in [1.807, 2.05) is 7.05 Å². The van der Waals surface area contributed by atoms with Crippen LogP contribution in [0.25, 0.3) is 0 Å². The molecule has 0 aromatic heterocycles. The highest BCUT2D eigenvalue weighted by Crippen LogP contribution is 2.34. The molecule has 0 aliphatic carbocycles. The Kier molecular flexibility index (Phi) is 3.53. The molecule has 0 unspecified atom stereocenters. The Balaban J connectivity index is 2.84. The van der Waals surface area contributed by atoms with Crippen LogP contribution in [0.15, 0.2) is 10.4 Å². The van der Waals surface area contributed by atoms with Crippen molar-refractivity contribution >= 4 is 21.6 Å². The molecule has 1 heterocycles. The van der Waals surface area contributed by atoms with E-state index >= 15 is 0 Å². The van der Waals surface area contributed by atoms with E-state index in [4.69, 9.17) is 0 Å². The summed E-state index contributed by atoms with van der Waals surface area (Å²) in [6.07, 6.45) is 1.23. The molecule has 1 aliphatic rings. The van der Waals surface area contributed by atoms with Crippen molar-refractivity contribution in [2.75, 3.05) is 19.1 Å². The summed E-state index contributed by atoms with van der Waals surface area (Å²) in [7, 11) is -1.05. The number of hydrogen-bond donors (Lipinski definition) is 0. The summed E-state index contributed by atoms with van der Waals surface area (Å²) < 4.78 is 22.2. The Morgan fingerprint density at radius 3 is 2.50 bits per heavy atom. The molecular formula is C9H17NO2S2. The first-order valence-electron chi connectivity index (χ1n) is 4.58. The molecule has 1 fully saturated rings. The lowest BCUT2D eigenvalue weighted by molar-refractivity contribution is 0.292. The first kappa shape index (κ1) is 11.9. The zero-order valence-corrected chi connectivity index (χ0v) is 10.7. The van der Waals surface area contributed by atoms with Crippen LogP contribution in [-0.4, -0.2) is 38.4 Å². The van der Waals surface area contributed by atoms with E-state index < -0.39 is 9.84 Å². The van der Waals surface area contributed by atoms with Gasteiger partial charge in [-0.25, -0.2) is 8.42 Å². The minimum Gasteiger partial charge on any atom is -0.365 e. The van der Waals surface area contributed by atoms with Crippen LogP contribution in [0.2, 0.25) is 0 Å². The molecule has 0 spiro atoms. The molecule has 3 nitrogen and oxygen atoms in total. The van der Waals surface area contributed by atoms with E-state index in [9.17, 15) is 8.42 Å². The average Bonchev–Trinajstić information content (AvgIpc) is 2.29. The van der Waals surface area contributed by atoms with E-state index in [1.165, 1.54) is 11.7 Å². The second kappa shape index (κ2) is 4.14. The highest BCUT2D eigenvalue weighted by atomic mass is 32.2. The molecule has 0 saturated carbocycles. The molecule has 0 amide bonds. The largest absolute Gasteiger partial charge is 0.365 e. The van der Waals surface area contributed by atoms with Gasteiger partial charge in [0.1, 0.15) is 0 Å². The fourth-order valence-electron chi connectivity index (χ4n) is 1.49. The lowest BCUT2D eigenvalue weighted by atomic mass is 10.1. The van der Waals surface area contributed by atoms with Crippen LogP contribution in [0.1, 0.15) is 13.8 Å². The molecule has 5 heteroatoms. The van der Waals surface area contributed by atoms with Crippen LogP contribution in [0.3, 0.4) is 0 Å². The van der Waals surface area contributed by atoms with Crippen molar-refractivity contribution < 1.29 is 8.42 Å². The number of nitrogens with zero attached hydrogens (tertiary/aromatic N) is 1. The van der Waals surface area contributed by atoms with Crippen molar-refractivity contribution in [2.24, 2.45) is 5.92 Å². The average molecular weight is 235 g/mol. The van der Waals surface area contributed by atoms with Crippen molar-refractivity contribution in [1.82, 2.24) is 4.90 Å². The number of sulfone groups is 1. The van der Waals surface area contributed by atoms with Crippen LogP contribution >= 0.6 is 11.8 Å². The minimum absolute atomic E-state index is 0.452. The Morgan fingerprint density at radius 1 is 1.57 bits per heavy atom. The maximum atomic E-state index is 11.1. The van der Waals surface area contributed by atoms with Crippen molar-refractivity contribution in [2.45, 2.75) is 19.9 Å². The van der Waals surface area contributed by atoms with Gasteiger partial charge in [-0.15, -0.1) is 11.8 Å². The van der Waals surface area contributed by atoms with E-state index in [0.29, 0.717) is 12.0 Å². The standard InChI is InChI=1S/C9H17NO2S2/c1-7(2)8-5-13-9(10(8)3)6-14(4,11)12/h6-8H,5H2,1-4H3/b9-6-/t8-/m1/s1. The van der Waals surface area contributed by atoms with Crippen LogP contribution in [-0.2, 0) is 9.84 Å². The van der Waals surface area contributed by atoms with Gasteiger partial charge in [-0.1, -0.05) is 13.8 Å². The van der Waals surface area contributed by atoms with Gasteiger partial charge >= 0.3 is 0 Å². The SMILES string of the molecule is CC(C)[C@H]1CS/C(=C\S(C)(=O)=O)N1C. The van der Waals surface area contributed by atoms with Crippen molar-refractivity contribution in [3.8, 4) is 0 Å². The zero-order chi connectivity index (χ0) is 10.9. The summed E-state index contributed by atoms with van der Waals surface area (Å²) in [6.45, 7) is 4.32. The smallest absolute Gasteiger partial charge is 0.171 e. The van der Waals surface area contributed by atoms with Crippen molar-refractivity contribution in [3.63, 3.8) is 0 Å². The summed E-state index contributed by atoms with van der Waals surface area (Å²) >= 11 is 1.62. The molecule has 0 radical (unpaired) electrons. The molecule has 1 saturated heterocycles. The molecule has 14 heavy (non-hydrogen) atoms. The fraction of sp³-hybridized carbons (Fsp3) is 0.778. The highest BCUT2D eigenvalue weighted by molar-refractivity contribution is 8.04. The second-order valence-electron chi connectivity index (χ2n) is 4.02. The fourth-order valence-corrected chi connectivity index (χ4v) is 4.11. The Labute approximate surface area is 90.5 Å². The van der Waals surface area contributed by atoms with Gasteiger partial charge in [-0.05, 0) is 5.92 Å². The molecule has 82 valence electrons. The summed E-state index contributed by atoms with van der Waals surface area (Å²) in [4.78, 5) is 2.07. The zero-order valence-electron chi connectivity index (χ0n) is 9.02. The predicted octanol–water partition coefficient (Wildman–Crippen LogP) is 1.53. The molecule has 1 aliphatic heterocycles. The van der Waals surface area contributed by atoms with Gasteiger partial charge in [-0.3, -0.25) is 0 Å². The lowest BCUT2D eigenvalue weighted by Crippen LogP contribution is -2.30. The van der Waals surface area contributed by atoms with E-state index in [-0.39, 0.29) is 0 Å². The summed E-state index contributed by atoms with van der Waals surface area (Å²) in [5.74, 6) is 1.54. The van der Waals surface area contributed by atoms with Gasteiger partial charge in [-0.2, -0.15) is 0 Å². The third kappa shape index (κ3) is 2.92. The van der Waals surface area contributed by atoms with E-state index in [2.05, 4.69) is 18.7 Å². The van der Waals surface area contributed by atoms with Gasteiger partial charge in [0.2, 0.25) is 0 Å². The Morgan fingerprint density at radius 2 is 2.14 bits per heavy atom. The normalized spacial score (nSPS) is 26.5. The predicted molar refractivity (Wildman–Crippen MR) is 61.8 cm³/mol. The summed E-state index contributed by atoms with van der Waals surface area (Å²) in [5, 5.41) is 2.23. The molecule has 0 aromatic rings. The van der Waals surface area contributed by atoms with Crippen LogP contribution in [0, 0.1) is 5.92 Å². The topological polar surface area (TPSA) is 37.4 Å². The third-order valence-corrected chi connectivity index (χ3v) is 4.34. The molecule has 1 rings (SSSR count). The first-order chi connectivity index (χ1) is 6.31. The lowest BCUT2D eigenvalue weighted by Gasteiger charge is -2.24. The maximum absolute atomic E-state index is 11.1. The number of hydrogen-bond acceptors (Lipinski definition) is 4. The number of rotatable bonds is 2. The molecule has 0 aromatic carbocycles. The summed E-state index contributed by atoms with van der Waals surface area (Å²) in [6, 6.07) is 0.452. The van der Waals surface area contributed by atoms with Gasteiger partial charge in [0.25, 0.3) is 0 Å². The Bertz CT molecular complexity index is 333. The van der Waals surface area contributed by atoms with Crippen LogP contribution in [0.4, 0.5) is 0 Å². The Hall–Kier alpha value is -0.160. The molecular weight excluding hydrogens is 218 g/mol. The van der Waals surface area contributed by atoms with Gasteiger partial charge in [0.15, 0.2) is 9.84 Å². The van der Waals surface area contributed by atoms with Gasteiger partial charge in [0, 0.05) is 25.1 Å². The molecule has 0 bridgehead atoms. The number of thioether (sulfide) groups is 1. The van der Waals surface area contributed by atoms with Gasteiger partial charge in [0.05, 0.1) is 10.4 Å². The third-order valence-electron chi connectivity index (χ3n) is 2.33. The van der Waals surface area contributed by atoms with Crippen LogP contribution < -0.4 is 0 Å². The highest BCUT2D eigenvalue weighted by Gasteiger charge is 2.28. The molecule has 0 N–H and O–H groups in total. The van der Waals surface area contributed by atoms with E-state index in [0.717, 1.165) is 10.8 Å². The van der Waals surface area contributed by atoms with Crippen molar-refractivity contribution in [3.05, 3.63) is 10.4 Å². The maximum Gasteiger partial charge on any atom is 0.171 e. The minimum atomic E-state index is -3.01. The van der Waals surface area contributed by atoms with Crippen molar-refractivity contribution in [1.29, 1.82) is 0 Å². The second-order valence-corrected chi connectivity index (χ2v) is 6.95. The van der Waals surface area contributed by atoms with E-state index in [1.54, 1.807) is 11.8 Å². The summed E-state index contributed by atoms with van der Waals surface area (Å²) in [5.41, 5.74) is 0. The van der Waals surface area contributed by atoms with Crippen LogP contribution in [0.5, 0.6) is 0 Å². The quantitative estimate of drug-likeness (QED) is 0.727. The van der Waals surface area contributed by atoms with Gasteiger partial charge < -0.3 is 4.90 Å². The molecule has 1 atom stereocenters.